The number of carbonyl (C=O) groups excluding carboxylic acids is 6. The molecule has 5 saturated heterocycles. The molecule has 13 nitrogen and oxygen atoms in total. The zero-order valence-corrected chi connectivity index (χ0v) is 38.1. The van der Waals surface area contributed by atoms with Gasteiger partial charge >= 0.3 is 11.9 Å². The molecule has 3 aromatic carbocycles. The lowest BCUT2D eigenvalue weighted by atomic mass is 9.87. The zero-order chi connectivity index (χ0) is 46.3. The number of hydrogen-bond acceptors (Lipinski definition) is 11. The van der Waals surface area contributed by atoms with E-state index in [2.05, 4.69) is 29.2 Å². The van der Waals surface area contributed by atoms with Crippen molar-refractivity contribution >= 4 is 41.0 Å². The molecule has 8 rings (SSSR count). The Morgan fingerprint density at radius 3 is 1.39 bits per heavy atom. The summed E-state index contributed by atoms with van der Waals surface area (Å²) in [5, 5.41) is 0. The van der Waals surface area contributed by atoms with Crippen LogP contribution in [-0.4, -0.2) is 111 Å². The van der Waals surface area contributed by atoms with Gasteiger partial charge in [0, 0.05) is 44.8 Å². The van der Waals surface area contributed by atoms with Crippen LogP contribution in [0.3, 0.4) is 0 Å². The van der Waals surface area contributed by atoms with Crippen LogP contribution in [0.2, 0.25) is 0 Å². The Hall–Kier alpha value is -5.47. The summed E-state index contributed by atoms with van der Waals surface area (Å²) in [5.74, 6) is -2.97. The number of ketones is 2. The van der Waals surface area contributed by atoms with E-state index in [4.69, 9.17) is 18.9 Å². The van der Waals surface area contributed by atoms with Gasteiger partial charge in [-0.2, -0.15) is 0 Å². The van der Waals surface area contributed by atoms with Crippen LogP contribution >= 0.6 is 0 Å². The van der Waals surface area contributed by atoms with Gasteiger partial charge in [0.25, 0.3) is 0 Å². The third-order valence-corrected chi connectivity index (χ3v) is 14.7. The number of ether oxygens (including phenoxy) is 4. The first-order valence-corrected chi connectivity index (χ1v) is 23.7. The first kappa shape index (κ1) is 47.0. The fourth-order valence-electron chi connectivity index (χ4n) is 11.1. The quantitative estimate of drug-likeness (QED) is 0.136. The van der Waals surface area contributed by atoms with E-state index in [0.717, 1.165) is 53.6 Å². The largest absolute Gasteiger partial charge is 0.469 e. The number of halogens is 1. The standard InChI is InChI=1S/C52H62FN3O10/c1-63-49(59)29-41(37-21-25-65-31-37)51(61)54-23-3-5-45(54)47(57)27-33-7-11-35(12-8-33)43-19-20-44(56(43)40-17-15-39(53)16-18-40)36-13-9-34(10-14-36)28-48(58)46-6-4-24-55(46)52(62)42(30-50(60)64-2)38-22-26-66-32-38/h7-18,37-38,41-46H,3-6,19-32H2,1-2H3/t37-,38-,41-,42?,43+,44+,45-,46-/m0/s1. The highest BCUT2D eigenvalue weighted by molar-refractivity contribution is 5.94. The van der Waals surface area contributed by atoms with Gasteiger partial charge in [-0.3, -0.25) is 28.8 Å². The number of likely N-dealkylation sites (tertiary alicyclic amines) is 2. The highest BCUT2D eigenvalue weighted by atomic mass is 19.1. The topological polar surface area (TPSA) is 149 Å². The van der Waals surface area contributed by atoms with Crippen molar-refractivity contribution in [2.75, 3.05) is 58.6 Å². The maximum atomic E-state index is 14.3. The van der Waals surface area contributed by atoms with E-state index in [1.54, 1.807) is 21.9 Å². The van der Waals surface area contributed by atoms with E-state index in [-0.39, 0.29) is 78.8 Å². The molecule has 0 spiro atoms. The third kappa shape index (κ3) is 10.5. The van der Waals surface area contributed by atoms with E-state index >= 15 is 0 Å². The van der Waals surface area contributed by atoms with Crippen molar-refractivity contribution in [2.45, 2.75) is 101 Å². The molecule has 0 saturated carbocycles. The van der Waals surface area contributed by atoms with Crippen molar-refractivity contribution in [1.82, 2.24) is 9.80 Å². The molecule has 0 N–H and O–H groups in total. The molecule has 5 heterocycles. The minimum Gasteiger partial charge on any atom is -0.469 e. The molecule has 8 atom stereocenters. The lowest BCUT2D eigenvalue weighted by Crippen LogP contribution is -2.46. The Kier molecular flexibility index (Phi) is 15.3. The Bertz CT molecular complexity index is 2070. The van der Waals surface area contributed by atoms with Gasteiger partial charge in [-0.05, 0) is 110 Å². The number of Topliss-reactive ketones (excluding diaryl/α,β-unsaturated/α-hetero) is 2. The molecule has 14 heteroatoms. The summed E-state index contributed by atoms with van der Waals surface area (Å²) in [6, 6.07) is 21.5. The van der Waals surface area contributed by atoms with Crippen LogP contribution in [0.1, 0.15) is 98.5 Å². The molecule has 2 amide bonds. The number of amides is 2. The normalized spacial score (nSPS) is 24.9. The molecule has 5 aliphatic rings. The Balaban J connectivity index is 0.929. The highest BCUT2D eigenvalue weighted by Gasteiger charge is 2.43. The molecule has 3 aromatic rings. The SMILES string of the molecule is COC(=O)CC(C(=O)N1CCC[C@H]1C(=O)Cc1ccc([C@H]2CC[C@H](c3ccc(CC(=O)[C@@H]4CCCN4C(=O)[C@@H](CC(=O)OC)[C@H]4CCOC4)cc3)N2c2ccc(F)cc2)cc1)[C@H]1CCOC1. The molecule has 1 unspecified atom stereocenters. The lowest BCUT2D eigenvalue weighted by Gasteiger charge is -2.33. The minimum atomic E-state index is -0.585. The summed E-state index contributed by atoms with van der Waals surface area (Å²) < 4.78 is 35.2. The van der Waals surface area contributed by atoms with Crippen LogP contribution in [0.5, 0.6) is 0 Å². The molecule has 66 heavy (non-hydrogen) atoms. The number of hydrogen-bond donors (Lipinski definition) is 0. The van der Waals surface area contributed by atoms with Gasteiger partial charge in [-0.1, -0.05) is 48.5 Å². The number of nitrogens with zero attached hydrogens (tertiary/aromatic N) is 3. The Labute approximate surface area is 386 Å². The number of esters is 2. The van der Waals surface area contributed by atoms with Crippen LogP contribution in [0.25, 0.3) is 0 Å². The summed E-state index contributed by atoms with van der Waals surface area (Å²) >= 11 is 0. The van der Waals surface area contributed by atoms with Crippen LogP contribution in [0.15, 0.2) is 72.8 Å². The van der Waals surface area contributed by atoms with Crippen molar-refractivity contribution in [3.8, 4) is 0 Å². The number of benzene rings is 3. The number of methoxy groups -OCH3 is 2. The van der Waals surface area contributed by atoms with Gasteiger partial charge in [-0.15, -0.1) is 0 Å². The molecule has 5 aliphatic heterocycles. The Morgan fingerprint density at radius 2 is 1.02 bits per heavy atom. The van der Waals surface area contributed by atoms with E-state index in [1.165, 1.54) is 26.4 Å². The minimum absolute atomic E-state index is 0.0275. The molecule has 0 bridgehead atoms. The predicted octanol–water partition coefficient (Wildman–Crippen LogP) is 6.55. The molecule has 0 aliphatic carbocycles. The average molecular weight is 908 g/mol. The zero-order valence-electron chi connectivity index (χ0n) is 38.1. The molecular formula is C52H62FN3O10. The predicted molar refractivity (Wildman–Crippen MR) is 241 cm³/mol. The van der Waals surface area contributed by atoms with Crippen LogP contribution < -0.4 is 4.90 Å². The van der Waals surface area contributed by atoms with E-state index in [9.17, 15) is 33.2 Å². The smallest absolute Gasteiger partial charge is 0.306 e. The molecule has 0 aromatic heterocycles. The van der Waals surface area contributed by atoms with E-state index in [1.807, 2.05) is 24.3 Å². The summed E-state index contributed by atoms with van der Waals surface area (Å²) in [4.78, 5) is 85.8. The first-order chi connectivity index (χ1) is 32.0. The molecular weight excluding hydrogens is 846 g/mol. The number of carbonyl (C=O) groups is 6. The van der Waals surface area contributed by atoms with Crippen molar-refractivity contribution in [3.63, 3.8) is 0 Å². The maximum absolute atomic E-state index is 14.3. The summed E-state index contributed by atoms with van der Waals surface area (Å²) in [5.41, 5.74) is 4.70. The monoisotopic (exact) mass is 907 g/mol. The number of rotatable bonds is 17. The van der Waals surface area contributed by atoms with Gasteiger partial charge in [0.05, 0.1) is 76.3 Å². The second-order valence-electron chi connectivity index (χ2n) is 18.7. The van der Waals surface area contributed by atoms with Crippen LogP contribution in [0.4, 0.5) is 10.1 Å². The van der Waals surface area contributed by atoms with Crippen molar-refractivity contribution in [2.24, 2.45) is 23.7 Å². The molecule has 0 radical (unpaired) electrons. The van der Waals surface area contributed by atoms with Crippen molar-refractivity contribution < 1.29 is 52.1 Å². The van der Waals surface area contributed by atoms with Crippen molar-refractivity contribution in [1.29, 1.82) is 0 Å². The molecule has 352 valence electrons. The van der Waals surface area contributed by atoms with Crippen molar-refractivity contribution in [3.05, 3.63) is 101 Å². The maximum Gasteiger partial charge on any atom is 0.306 e. The van der Waals surface area contributed by atoms with Gasteiger partial charge in [0.1, 0.15) is 5.82 Å². The van der Waals surface area contributed by atoms with Gasteiger partial charge in [-0.25, -0.2) is 4.39 Å². The lowest BCUT2D eigenvalue weighted by molar-refractivity contribution is -0.149. The van der Waals surface area contributed by atoms with Gasteiger partial charge in [0.2, 0.25) is 11.8 Å². The van der Waals surface area contributed by atoms with Gasteiger partial charge < -0.3 is 33.6 Å². The molecule has 5 fully saturated rings. The van der Waals surface area contributed by atoms with Crippen LogP contribution in [0, 0.1) is 29.5 Å². The number of anilines is 1. The van der Waals surface area contributed by atoms with E-state index < -0.39 is 35.9 Å². The van der Waals surface area contributed by atoms with Crippen LogP contribution in [-0.2, 0) is 60.6 Å². The summed E-state index contributed by atoms with van der Waals surface area (Å²) in [6.07, 6.45) is 5.91. The summed E-state index contributed by atoms with van der Waals surface area (Å²) in [7, 11) is 2.63. The second kappa shape index (κ2) is 21.4. The second-order valence-corrected chi connectivity index (χ2v) is 18.7. The fraction of sp³-hybridized carbons (Fsp3) is 0.538. The third-order valence-electron chi connectivity index (χ3n) is 14.7. The highest BCUT2D eigenvalue weighted by Crippen LogP contribution is 2.47. The Morgan fingerprint density at radius 1 is 0.591 bits per heavy atom. The fourth-order valence-corrected chi connectivity index (χ4v) is 11.1. The average Bonchev–Trinajstić information content (AvgIpc) is 4.20. The van der Waals surface area contributed by atoms with Gasteiger partial charge in [0.15, 0.2) is 11.6 Å². The summed E-state index contributed by atoms with van der Waals surface area (Å²) in [6.45, 7) is 2.85. The first-order valence-electron chi connectivity index (χ1n) is 23.7. The van der Waals surface area contributed by atoms with E-state index in [0.29, 0.717) is 65.2 Å².